The second-order valence-electron chi connectivity index (χ2n) is 4.62. The van der Waals surface area contributed by atoms with E-state index in [9.17, 15) is 5.11 Å². The minimum atomic E-state index is 0.0918. The van der Waals surface area contributed by atoms with Crippen molar-refractivity contribution in [2.45, 2.75) is 26.3 Å². The van der Waals surface area contributed by atoms with Gasteiger partial charge in [0.25, 0.3) is 0 Å². The van der Waals surface area contributed by atoms with E-state index in [0.717, 1.165) is 23.4 Å². The molecule has 0 bridgehead atoms. The number of nitrogens with one attached hydrogen (secondary N) is 1. The lowest BCUT2D eigenvalue weighted by Crippen LogP contribution is -2.09. The lowest BCUT2D eigenvalue weighted by Gasteiger charge is -2.20. The van der Waals surface area contributed by atoms with Gasteiger partial charge in [-0.25, -0.2) is 0 Å². The number of hydrogen-bond donors (Lipinski definition) is 2. The smallest absolute Gasteiger partial charge is 0.120 e. The van der Waals surface area contributed by atoms with E-state index < -0.39 is 0 Å². The van der Waals surface area contributed by atoms with Crippen molar-refractivity contribution in [3.8, 4) is 11.5 Å². The molecule has 1 atom stereocenters. The zero-order valence-electron chi connectivity index (χ0n) is 12.0. The number of anilines is 1. The van der Waals surface area contributed by atoms with Crippen LogP contribution in [0.4, 0.5) is 5.69 Å². The minimum absolute atomic E-state index is 0.0918. The third kappa shape index (κ3) is 3.44. The standard InChI is InChI=1S/C17H21NO2/c1-3-16(15-7-5-6-8-17(15)19)18-13-9-11-14(12-10-13)20-4-2/h5-12,16,18-19H,3-4H2,1-2H3. The molecule has 2 aromatic carbocycles. The summed E-state index contributed by atoms with van der Waals surface area (Å²) in [6.45, 7) is 4.73. The Kier molecular flexibility index (Phi) is 4.88. The summed E-state index contributed by atoms with van der Waals surface area (Å²) in [6.07, 6.45) is 0.894. The van der Waals surface area contributed by atoms with Gasteiger partial charge in [0.05, 0.1) is 12.6 Å². The molecular formula is C17H21NO2. The zero-order chi connectivity index (χ0) is 14.4. The predicted molar refractivity (Wildman–Crippen MR) is 82.4 cm³/mol. The van der Waals surface area contributed by atoms with Gasteiger partial charge in [-0.1, -0.05) is 25.1 Å². The van der Waals surface area contributed by atoms with Crippen molar-refractivity contribution >= 4 is 5.69 Å². The molecule has 0 saturated heterocycles. The van der Waals surface area contributed by atoms with E-state index in [0.29, 0.717) is 12.4 Å². The Balaban J connectivity index is 2.12. The highest BCUT2D eigenvalue weighted by Crippen LogP contribution is 2.29. The Morgan fingerprint density at radius 1 is 1.05 bits per heavy atom. The molecular weight excluding hydrogens is 250 g/mol. The van der Waals surface area contributed by atoms with Crippen LogP contribution in [0.5, 0.6) is 11.5 Å². The normalized spacial score (nSPS) is 11.9. The highest BCUT2D eigenvalue weighted by Gasteiger charge is 2.12. The molecule has 2 rings (SSSR count). The molecule has 0 heterocycles. The number of rotatable bonds is 6. The fourth-order valence-electron chi connectivity index (χ4n) is 2.20. The minimum Gasteiger partial charge on any atom is -0.508 e. The van der Waals surface area contributed by atoms with Gasteiger partial charge in [-0.05, 0) is 43.7 Å². The van der Waals surface area contributed by atoms with Crippen molar-refractivity contribution in [1.29, 1.82) is 0 Å². The number of para-hydroxylation sites is 1. The van der Waals surface area contributed by atoms with Crippen LogP contribution in [-0.4, -0.2) is 11.7 Å². The van der Waals surface area contributed by atoms with Crippen LogP contribution in [-0.2, 0) is 0 Å². The second-order valence-corrected chi connectivity index (χ2v) is 4.62. The molecule has 3 nitrogen and oxygen atoms in total. The van der Waals surface area contributed by atoms with Crippen LogP contribution in [0.25, 0.3) is 0 Å². The van der Waals surface area contributed by atoms with Gasteiger partial charge in [0.15, 0.2) is 0 Å². The highest BCUT2D eigenvalue weighted by molar-refractivity contribution is 5.49. The lowest BCUT2D eigenvalue weighted by molar-refractivity contribution is 0.340. The zero-order valence-corrected chi connectivity index (χ0v) is 12.0. The molecule has 106 valence electrons. The number of benzene rings is 2. The van der Waals surface area contributed by atoms with Gasteiger partial charge >= 0.3 is 0 Å². The molecule has 0 saturated carbocycles. The molecule has 0 fully saturated rings. The summed E-state index contributed by atoms with van der Waals surface area (Å²) in [4.78, 5) is 0. The summed E-state index contributed by atoms with van der Waals surface area (Å²) in [5, 5.41) is 13.4. The van der Waals surface area contributed by atoms with Gasteiger partial charge in [0.2, 0.25) is 0 Å². The first-order valence-electron chi connectivity index (χ1n) is 7.01. The van der Waals surface area contributed by atoms with E-state index in [4.69, 9.17) is 4.74 Å². The molecule has 2 aromatic rings. The van der Waals surface area contributed by atoms with E-state index in [1.807, 2.05) is 49.4 Å². The number of aromatic hydroxyl groups is 1. The van der Waals surface area contributed by atoms with E-state index in [2.05, 4.69) is 12.2 Å². The molecule has 0 amide bonds. The van der Waals surface area contributed by atoms with Crippen molar-refractivity contribution < 1.29 is 9.84 Å². The molecule has 2 N–H and O–H groups in total. The second kappa shape index (κ2) is 6.85. The first-order valence-corrected chi connectivity index (χ1v) is 7.01. The summed E-state index contributed by atoms with van der Waals surface area (Å²) >= 11 is 0. The molecule has 1 unspecified atom stereocenters. The van der Waals surface area contributed by atoms with E-state index >= 15 is 0 Å². The van der Waals surface area contributed by atoms with Crippen LogP contribution < -0.4 is 10.1 Å². The third-order valence-corrected chi connectivity index (χ3v) is 3.23. The Morgan fingerprint density at radius 2 is 1.75 bits per heavy atom. The number of phenolic OH excluding ortho intramolecular Hbond substituents is 1. The van der Waals surface area contributed by atoms with Crippen LogP contribution in [0.2, 0.25) is 0 Å². The van der Waals surface area contributed by atoms with E-state index in [1.165, 1.54) is 0 Å². The average Bonchev–Trinajstić information content (AvgIpc) is 2.48. The SMILES string of the molecule is CCOc1ccc(NC(CC)c2ccccc2O)cc1. The van der Waals surface area contributed by atoms with Gasteiger partial charge in [-0.2, -0.15) is 0 Å². The van der Waals surface area contributed by atoms with Crippen molar-refractivity contribution in [2.75, 3.05) is 11.9 Å². The Labute approximate surface area is 120 Å². The maximum atomic E-state index is 9.94. The van der Waals surface area contributed by atoms with Crippen molar-refractivity contribution in [2.24, 2.45) is 0 Å². The van der Waals surface area contributed by atoms with Crippen molar-refractivity contribution in [1.82, 2.24) is 0 Å². The Morgan fingerprint density at radius 3 is 2.35 bits per heavy atom. The van der Waals surface area contributed by atoms with Gasteiger partial charge in [0.1, 0.15) is 11.5 Å². The number of hydrogen-bond acceptors (Lipinski definition) is 3. The van der Waals surface area contributed by atoms with Crippen molar-refractivity contribution in [3.05, 3.63) is 54.1 Å². The fourth-order valence-corrected chi connectivity index (χ4v) is 2.20. The summed E-state index contributed by atoms with van der Waals surface area (Å²) in [5.74, 6) is 1.20. The number of ether oxygens (including phenoxy) is 1. The topological polar surface area (TPSA) is 41.5 Å². The summed E-state index contributed by atoms with van der Waals surface area (Å²) in [5.41, 5.74) is 1.94. The molecule has 0 radical (unpaired) electrons. The summed E-state index contributed by atoms with van der Waals surface area (Å²) in [7, 11) is 0. The van der Waals surface area contributed by atoms with E-state index in [1.54, 1.807) is 6.07 Å². The summed E-state index contributed by atoms with van der Waals surface area (Å²) < 4.78 is 5.43. The Bertz CT molecular complexity index is 537. The van der Waals surface area contributed by atoms with Crippen LogP contribution in [0, 0.1) is 0 Å². The van der Waals surface area contributed by atoms with Gasteiger partial charge in [0, 0.05) is 11.3 Å². The summed E-state index contributed by atoms with van der Waals surface area (Å²) in [6, 6.07) is 15.4. The molecule has 0 aromatic heterocycles. The predicted octanol–water partition coefficient (Wildman–Crippen LogP) is 4.35. The third-order valence-electron chi connectivity index (χ3n) is 3.23. The maximum absolute atomic E-state index is 9.94. The highest BCUT2D eigenvalue weighted by atomic mass is 16.5. The lowest BCUT2D eigenvalue weighted by atomic mass is 10.0. The Hall–Kier alpha value is -2.16. The molecule has 20 heavy (non-hydrogen) atoms. The average molecular weight is 271 g/mol. The van der Waals surface area contributed by atoms with E-state index in [-0.39, 0.29) is 6.04 Å². The first kappa shape index (κ1) is 14.3. The maximum Gasteiger partial charge on any atom is 0.120 e. The molecule has 0 aliphatic carbocycles. The van der Waals surface area contributed by atoms with Crippen LogP contribution in [0.3, 0.4) is 0 Å². The van der Waals surface area contributed by atoms with Crippen LogP contribution in [0.15, 0.2) is 48.5 Å². The van der Waals surface area contributed by atoms with Gasteiger partial charge in [-0.3, -0.25) is 0 Å². The molecule has 0 spiro atoms. The monoisotopic (exact) mass is 271 g/mol. The van der Waals surface area contributed by atoms with Crippen molar-refractivity contribution in [3.63, 3.8) is 0 Å². The quantitative estimate of drug-likeness (QED) is 0.820. The largest absolute Gasteiger partial charge is 0.508 e. The fraction of sp³-hybridized carbons (Fsp3) is 0.294. The molecule has 3 heteroatoms. The molecule has 0 aliphatic heterocycles. The van der Waals surface area contributed by atoms with Crippen LogP contribution in [0.1, 0.15) is 31.9 Å². The number of phenols is 1. The van der Waals surface area contributed by atoms with Crippen LogP contribution >= 0.6 is 0 Å². The van der Waals surface area contributed by atoms with Gasteiger partial charge in [-0.15, -0.1) is 0 Å². The molecule has 0 aliphatic rings. The first-order chi connectivity index (χ1) is 9.74. The van der Waals surface area contributed by atoms with Gasteiger partial charge < -0.3 is 15.2 Å².